The molecule has 1 aromatic heterocycles. The summed E-state index contributed by atoms with van der Waals surface area (Å²) >= 11 is 1.94. The molecule has 0 nitrogen and oxygen atoms in total. The standard InChI is InChI=1S/C24H22S/c1-23(2)13-11-17-18(12-14-23)24(3,4)19-10-9-16-15-7-5-6-8-20(15)25-22(16)21(17)19/h5-14H,1-4H3. The number of benzene rings is 2. The van der Waals surface area contributed by atoms with Crippen LogP contribution in [0.5, 0.6) is 0 Å². The molecule has 0 radical (unpaired) electrons. The molecule has 0 unspecified atom stereocenters. The first-order valence-electron chi connectivity index (χ1n) is 8.97. The highest BCUT2D eigenvalue weighted by molar-refractivity contribution is 7.26. The first kappa shape index (κ1) is 15.2. The first-order valence-corrected chi connectivity index (χ1v) is 9.78. The van der Waals surface area contributed by atoms with Crippen molar-refractivity contribution in [2.24, 2.45) is 5.41 Å². The molecule has 5 rings (SSSR count). The summed E-state index contributed by atoms with van der Waals surface area (Å²) in [6, 6.07) is 13.5. The third-order valence-corrected chi connectivity index (χ3v) is 7.02. The third kappa shape index (κ3) is 1.99. The predicted molar refractivity (Wildman–Crippen MR) is 111 cm³/mol. The highest BCUT2D eigenvalue weighted by atomic mass is 32.1. The zero-order valence-corrected chi connectivity index (χ0v) is 16.0. The predicted octanol–water partition coefficient (Wildman–Crippen LogP) is 7.25. The van der Waals surface area contributed by atoms with Crippen molar-refractivity contribution in [1.82, 2.24) is 0 Å². The van der Waals surface area contributed by atoms with E-state index in [9.17, 15) is 0 Å². The first-order chi connectivity index (χ1) is 11.9. The Morgan fingerprint density at radius 3 is 2.40 bits per heavy atom. The lowest BCUT2D eigenvalue weighted by molar-refractivity contribution is 0.620. The number of thiophene rings is 1. The second-order valence-electron chi connectivity index (χ2n) is 8.40. The van der Waals surface area contributed by atoms with E-state index in [1.54, 1.807) is 0 Å². The molecule has 124 valence electrons. The van der Waals surface area contributed by atoms with Crippen LogP contribution in [0.1, 0.15) is 38.8 Å². The summed E-state index contributed by atoms with van der Waals surface area (Å²) in [5.41, 5.74) is 5.95. The molecule has 0 saturated carbocycles. The Labute approximate surface area is 153 Å². The van der Waals surface area contributed by atoms with Gasteiger partial charge in [-0.15, -0.1) is 11.3 Å². The minimum atomic E-state index is 0.0519. The number of hydrogen-bond acceptors (Lipinski definition) is 1. The van der Waals surface area contributed by atoms with Crippen LogP contribution in [0.25, 0.3) is 25.7 Å². The molecule has 3 aromatic rings. The summed E-state index contributed by atoms with van der Waals surface area (Å²) in [5.74, 6) is 0. The Hall–Kier alpha value is -2.12. The third-order valence-electron chi connectivity index (χ3n) is 5.81. The van der Waals surface area contributed by atoms with Crippen molar-refractivity contribution >= 4 is 37.1 Å². The topological polar surface area (TPSA) is 0 Å². The van der Waals surface area contributed by atoms with Crippen molar-refractivity contribution in [2.75, 3.05) is 0 Å². The van der Waals surface area contributed by atoms with E-state index in [-0.39, 0.29) is 10.8 Å². The van der Waals surface area contributed by atoms with Crippen LogP contribution in [0.3, 0.4) is 0 Å². The molecule has 1 heteroatoms. The van der Waals surface area contributed by atoms with Gasteiger partial charge in [0, 0.05) is 36.6 Å². The van der Waals surface area contributed by atoms with Crippen LogP contribution in [0, 0.1) is 5.41 Å². The van der Waals surface area contributed by atoms with Crippen molar-refractivity contribution < 1.29 is 0 Å². The molecule has 0 atom stereocenters. The van der Waals surface area contributed by atoms with E-state index < -0.39 is 0 Å². The number of fused-ring (bicyclic) bond motifs is 6. The van der Waals surface area contributed by atoms with Crippen LogP contribution in [-0.4, -0.2) is 0 Å². The van der Waals surface area contributed by atoms with Crippen molar-refractivity contribution in [2.45, 2.75) is 33.1 Å². The molecule has 0 amide bonds. The second-order valence-corrected chi connectivity index (χ2v) is 9.46. The molecule has 25 heavy (non-hydrogen) atoms. The van der Waals surface area contributed by atoms with Gasteiger partial charge in [-0.3, -0.25) is 0 Å². The summed E-state index contributed by atoms with van der Waals surface area (Å²) in [4.78, 5) is 0. The van der Waals surface area contributed by atoms with Gasteiger partial charge >= 0.3 is 0 Å². The van der Waals surface area contributed by atoms with E-state index in [2.05, 4.69) is 88.4 Å². The molecule has 2 aliphatic carbocycles. The van der Waals surface area contributed by atoms with E-state index in [1.165, 1.54) is 42.4 Å². The highest BCUT2D eigenvalue weighted by Gasteiger charge is 2.38. The van der Waals surface area contributed by atoms with Gasteiger partial charge in [0.2, 0.25) is 0 Å². The summed E-state index contributed by atoms with van der Waals surface area (Å²) in [6.45, 7) is 9.28. The zero-order chi connectivity index (χ0) is 17.4. The van der Waals surface area contributed by atoms with Crippen molar-refractivity contribution in [3.05, 3.63) is 77.4 Å². The van der Waals surface area contributed by atoms with E-state index in [4.69, 9.17) is 0 Å². The molecule has 0 N–H and O–H groups in total. The Morgan fingerprint density at radius 2 is 1.56 bits per heavy atom. The Bertz CT molecular complexity index is 1130. The van der Waals surface area contributed by atoms with E-state index in [0.29, 0.717) is 0 Å². The van der Waals surface area contributed by atoms with Gasteiger partial charge in [-0.2, -0.15) is 0 Å². The van der Waals surface area contributed by atoms with Gasteiger partial charge in [-0.05, 0) is 22.8 Å². The maximum Gasteiger partial charge on any atom is 0.0437 e. The lowest BCUT2D eigenvalue weighted by atomic mass is 9.80. The quantitative estimate of drug-likeness (QED) is 0.403. The molecule has 0 fully saturated rings. The Balaban J connectivity index is 1.91. The minimum Gasteiger partial charge on any atom is -0.135 e. The molecular formula is C24H22S. The Morgan fingerprint density at radius 1 is 0.800 bits per heavy atom. The summed E-state index contributed by atoms with van der Waals surface area (Å²) < 4.78 is 2.82. The molecule has 2 aromatic carbocycles. The van der Waals surface area contributed by atoms with Crippen LogP contribution < -0.4 is 0 Å². The van der Waals surface area contributed by atoms with Crippen molar-refractivity contribution in [1.29, 1.82) is 0 Å². The van der Waals surface area contributed by atoms with Crippen LogP contribution in [0.15, 0.2) is 66.3 Å². The summed E-state index contributed by atoms with van der Waals surface area (Å²) in [5, 5.41) is 2.77. The smallest absolute Gasteiger partial charge is 0.0437 e. The van der Waals surface area contributed by atoms with Gasteiger partial charge < -0.3 is 0 Å². The van der Waals surface area contributed by atoms with Gasteiger partial charge in [-0.1, -0.05) is 82.3 Å². The normalized spacial score (nSPS) is 20.2. The SMILES string of the molecule is CC1(C)C=CC2=C(C=C1)C(C)(C)c1ccc3c(sc4ccccc43)c12. The molecule has 2 aliphatic rings. The van der Waals surface area contributed by atoms with E-state index >= 15 is 0 Å². The van der Waals surface area contributed by atoms with E-state index in [0.717, 1.165) is 0 Å². The van der Waals surface area contributed by atoms with Crippen LogP contribution in [-0.2, 0) is 5.41 Å². The van der Waals surface area contributed by atoms with Gasteiger partial charge in [0.25, 0.3) is 0 Å². The van der Waals surface area contributed by atoms with Crippen molar-refractivity contribution in [3.63, 3.8) is 0 Å². The lowest BCUT2D eigenvalue weighted by Crippen LogP contribution is -2.16. The van der Waals surface area contributed by atoms with Crippen molar-refractivity contribution in [3.8, 4) is 0 Å². The monoisotopic (exact) mass is 342 g/mol. The zero-order valence-electron chi connectivity index (χ0n) is 15.2. The van der Waals surface area contributed by atoms with Crippen LogP contribution in [0.4, 0.5) is 0 Å². The highest BCUT2D eigenvalue weighted by Crippen LogP contribution is 2.53. The average Bonchev–Trinajstić information content (AvgIpc) is 2.98. The largest absolute Gasteiger partial charge is 0.135 e. The summed E-state index contributed by atoms with van der Waals surface area (Å²) in [6.07, 6.45) is 9.44. The summed E-state index contributed by atoms with van der Waals surface area (Å²) in [7, 11) is 0. The molecule has 0 bridgehead atoms. The van der Waals surface area contributed by atoms with Crippen LogP contribution in [0.2, 0.25) is 0 Å². The molecule has 0 saturated heterocycles. The number of allylic oxidation sites excluding steroid dienone is 6. The number of hydrogen-bond donors (Lipinski definition) is 0. The fraction of sp³-hybridized carbons (Fsp3) is 0.250. The molecular weight excluding hydrogens is 320 g/mol. The van der Waals surface area contributed by atoms with Crippen LogP contribution >= 0.6 is 11.3 Å². The van der Waals surface area contributed by atoms with Gasteiger partial charge in [0.15, 0.2) is 0 Å². The fourth-order valence-corrected chi connectivity index (χ4v) is 5.58. The Kier molecular flexibility index (Phi) is 2.87. The molecule has 0 spiro atoms. The van der Waals surface area contributed by atoms with Gasteiger partial charge in [0.05, 0.1) is 0 Å². The maximum atomic E-state index is 2.37. The molecule has 0 aliphatic heterocycles. The average molecular weight is 343 g/mol. The lowest BCUT2D eigenvalue weighted by Gasteiger charge is -2.23. The fourth-order valence-electron chi connectivity index (χ4n) is 4.32. The van der Waals surface area contributed by atoms with E-state index in [1.807, 2.05) is 11.3 Å². The molecule has 1 heterocycles. The minimum absolute atomic E-state index is 0.0519. The number of rotatable bonds is 0. The maximum absolute atomic E-state index is 2.37. The van der Waals surface area contributed by atoms with Gasteiger partial charge in [-0.25, -0.2) is 0 Å². The second kappa shape index (κ2) is 4.74. The van der Waals surface area contributed by atoms with Gasteiger partial charge in [0.1, 0.15) is 0 Å².